The Morgan fingerprint density at radius 3 is 2.63 bits per heavy atom. The minimum atomic E-state index is -0.184. The van der Waals surface area contributed by atoms with Crippen molar-refractivity contribution in [1.82, 2.24) is 0 Å². The Morgan fingerprint density at radius 1 is 1.26 bits per heavy atom. The van der Waals surface area contributed by atoms with E-state index in [0.717, 1.165) is 24.8 Å². The quantitative estimate of drug-likeness (QED) is 0.870. The number of aromatic hydroxyl groups is 1. The number of hydrogen-bond acceptors (Lipinski definition) is 2. The lowest BCUT2D eigenvalue weighted by Crippen LogP contribution is -2.39. The van der Waals surface area contributed by atoms with Gasteiger partial charge in [-0.05, 0) is 54.2 Å². The third kappa shape index (κ3) is 3.50. The van der Waals surface area contributed by atoms with Gasteiger partial charge in [-0.1, -0.05) is 39.3 Å². The van der Waals surface area contributed by atoms with E-state index in [4.69, 9.17) is 0 Å². The molecule has 3 atom stereocenters. The van der Waals surface area contributed by atoms with Crippen molar-refractivity contribution in [3.63, 3.8) is 0 Å². The van der Waals surface area contributed by atoms with Crippen LogP contribution in [-0.4, -0.2) is 16.3 Å². The molecule has 1 saturated carbocycles. The van der Waals surface area contributed by atoms with Gasteiger partial charge in [0, 0.05) is 0 Å². The second-order valence-corrected chi connectivity index (χ2v) is 6.93. The summed E-state index contributed by atoms with van der Waals surface area (Å²) >= 11 is 0. The van der Waals surface area contributed by atoms with E-state index in [9.17, 15) is 10.2 Å². The van der Waals surface area contributed by atoms with Crippen molar-refractivity contribution in [2.75, 3.05) is 0 Å². The molecule has 2 nitrogen and oxygen atoms in total. The summed E-state index contributed by atoms with van der Waals surface area (Å²) in [5.74, 6) is 1.32. The van der Waals surface area contributed by atoms with Crippen molar-refractivity contribution in [1.29, 1.82) is 0 Å². The highest BCUT2D eigenvalue weighted by Crippen LogP contribution is 2.42. The molecular formula is C17H26O2. The SMILES string of the molecule is CC1CCC(C(C)(C)Cc2cccc(O)c2)C(O)C1. The molecule has 1 aliphatic rings. The molecule has 3 unspecified atom stereocenters. The van der Waals surface area contributed by atoms with Gasteiger partial charge in [-0.2, -0.15) is 0 Å². The lowest BCUT2D eigenvalue weighted by atomic mass is 9.65. The lowest BCUT2D eigenvalue weighted by Gasteiger charge is -2.42. The van der Waals surface area contributed by atoms with Crippen LogP contribution in [-0.2, 0) is 6.42 Å². The molecule has 0 radical (unpaired) electrons. The van der Waals surface area contributed by atoms with Crippen molar-refractivity contribution in [2.24, 2.45) is 17.3 Å². The van der Waals surface area contributed by atoms with Crippen LogP contribution in [0.5, 0.6) is 5.75 Å². The second kappa shape index (κ2) is 5.54. The van der Waals surface area contributed by atoms with Crippen LogP contribution in [0.1, 0.15) is 45.6 Å². The predicted octanol–water partition coefficient (Wildman–Crippen LogP) is 3.76. The minimum Gasteiger partial charge on any atom is -0.508 e. The average molecular weight is 262 g/mol. The van der Waals surface area contributed by atoms with Gasteiger partial charge in [-0.3, -0.25) is 0 Å². The normalized spacial score (nSPS) is 28.3. The van der Waals surface area contributed by atoms with Crippen molar-refractivity contribution in [3.05, 3.63) is 29.8 Å². The van der Waals surface area contributed by atoms with Crippen LogP contribution < -0.4 is 0 Å². The van der Waals surface area contributed by atoms with Crippen molar-refractivity contribution in [3.8, 4) is 5.75 Å². The van der Waals surface area contributed by atoms with Gasteiger partial charge >= 0.3 is 0 Å². The molecule has 0 heterocycles. The fraction of sp³-hybridized carbons (Fsp3) is 0.647. The first kappa shape index (κ1) is 14.4. The van der Waals surface area contributed by atoms with Crippen LogP contribution in [0.25, 0.3) is 0 Å². The molecule has 2 heteroatoms. The van der Waals surface area contributed by atoms with Crippen LogP contribution in [0.15, 0.2) is 24.3 Å². The Bertz CT molecular complexity index is 425. The number of phenols is 1. The summed E-state index contributed by atoms with van der Waals surface area (Å²) in [7, 11) is 0. The lowest BCUT2D eigenvalue weighted by molar-refractivity contribution is -0.0125. The highest BCUT2D eigenvalue weighted by Gasteiger charge is 2.38. The van der Waals surface area contributed by atoms with Crippen LogP contribution in [0.4, 0.5) is 0 Å². The zero-order valence-electron chi connectivity index (χ0n) is 12.3. The van der Waals surface area contributed by atoms with Gasteiger partial charge in [0.25, 0.3) is 0 Å². The Labute approximate surface area is 116 Å². The van der Waals surface area contributed by atoms with Crippen LogP contribution in [0, 0.1) is 17.3 Å². The third-order valence-electron chi connectivity index (χ3n) is 4.65. The maximum Gasteiger partial charge on any atom is 0.115 e. The standard InChI is InChI=1S/C17H26O2/c1-12-7-8-15(16(19)9-12)17(2,3)11-13-5-4-6-14(18)10-13/h4-6,10,12,15-16,18-19H,7-9,11H2,1-3H3. The van der Waals surface area contributed by atoms with E-state index in [-0.39, 0.29) is 11.5 Å². The molecule has 0 aromatic heterocycles. The van der Waals surface area contributed by atoms with E-state index in [1.54, 1.807) is 6.07 Å². The maximum absolute atomic E-state index is 10.4. The first-order chi connectivity index (χ1) is 8.88. The molecule has 19 heavy (non-hydrogen) atoms. The topological polar surface area (TPSA) is 40.5 Å². The van der Waals surface area contributed by atoms with E-state index in [0.29, 0.717) is 17.6 Å². The Hall–Kier alpha value is -1.02. The zero-order chi connectivity index (χ0) is 14.0. The number of benzene rings is 1. The molecule has 106 valence electrons. The molecule has 2 N–H and O–H groups in total. The Morgan fingerprint density at radius 2 is 2.00 bits per heavy atom. The molecule has 1 aromatic rings. The summed E-state index contributed by atoms with van der Waals surface area (Å²) in [6.07, 6.45) is 3.96. The molecule has 1 fully saturated rings. The smallest absolute Gasteiger partial charge is 0.115 e. The van der Waals surface area contributed by atoms with E-state index in [1.807, 2.05) is 12.1 Å². The third-order valence-corrected chi connectivity index (χ3v) is 4.65. The number of hydrogen-bond donors (Lipinski definition) is 2. The van der Waals surface area contributed by atoms with Gasteiger partial charge in [0.1, 0.15) is 5.75 Å². The number of phenolic OH excluding ortho intramolecular Hbond substituents is 1. The van der Waals surface area contributed by atoms with E-state index in [1.165, 1.54) is 6.42 Å². The molecule has 2 rings (SSSR count). The fourth-order valence-electron chi connectivity index (χ4n) is 3.59. The van der Waals surface area contributed by atoms with Gasteiger partial charge in [0.15, 0.2) is 0 Å². The largest absolute Gasteiger partial charge is 0.508 e. The zero-order valence-corrected chi connectivity index (χ0v) is 12.3. The number of aliphatic hydroxyl groups is 1. The molecule has 0 bridgehead atoms. The van der Waals surface area contributed by atoms with Crippen molar-refractivity contribution < 1.29 is 10.2 Å². The Balaban J connectivity index is 2.09. The van der Waals surface area contributed by atoms with Gasteiger partial charge in [0.05, 0.1) is 6.10 Å². The van der Waals surface area contributed by atoms with Gasteiger partial charge in [0.2, 0.25) is 0 Å². The number of rotatable bonds is 3. The highest BCUT2D eigenvalue weighted by atomic mass is 16.3. The maximum atomic E-state index is 10.4. The molecule has 0 aliphatic heterocycles. The van der Waals surface area contributed by atoms with Crippen LogP contribution in [0.3, 0.4) is 0 Å². The average Bonchev–Trinajstić information content (AvgIpc) is 2.27. The van der Waals surface area contributed by atoms with Crippen molar-refractivity contribution >= 4 is 0 Å². The molecule has 0 saturated heterocycles. The molecule has 0 spiro atoms. The van der Waals surface area contributed by atoms with Gasteiger partial charge in [-0.25, -0.2) is 0 Å². The summed E-state index contributed by atoms with van der Waals surface area (Å²) in [6.45, 7) is 6.70. The summed E-state index contributed by atoms with van der Waals surface area (Å²) in [6, 6.07) is 7.48. The summed E-state index contributed by atoms with van der Waals surface area (Å²) in [5.41, 5.74) is 1.21. The van der Waals surface area contributed by atoms with E-state index >= 15 is 0 Å². The first-order valence-electron chi connectivity index (χ1n) is 7.34. The van der Waals surface area contributed by atoms with Crippen LogP contribution >= 0.6 is 0 Å². The summed E-state index contributed by atoms with van der Waals surface area (Å²) in [5, 5.41) is 19.9. The molecule has 1 aromatic carbocycles. The predicted molar refractivity (Wildman–Crippen MR) is 78.1 cm³/mol. The minimum absolute atomic E-state index is 0.0628. The van der Waals surface area contributed by atoms with Crippen molar-refractivity contribution in [2.45, 2.75) is 52.6 Å². The highest BCUT2D eigenvalue weighted by molar-refractivity contribution is 5.28. The molecule has 1 aliphatic carbocycles. The van der Waals surface area contributed by atoms with E-state index in [2.05, 4.69) is 26.8 Å². The van der Waals surface area contributed by atoms with E-state index < -0.39 is 0 Å². The number of aliphatic hydroxyl groups excluding tert-OH is 1. The monoisotopic (exact) mass is 262 g/mol. The summed E-state index contributed by atoms with van der Waals surface area (Å²) < 4.78 is 0. The summed E-state index contributed by atoms with van der Waals surface area (Å²) in [4.78, 5) is 0. The second-order valence-electron chi connectivity index (χ2n) is 6.93. The fourth-order valence-corrected chi connectivity index (χ4v) is 3.59. The first-order valence-corrected chi connectivity index (χ1v) is 7.34. The molecule has 0 amide bonds. The van der Waals surface area contributed by atoms with Gasteiger partial charge < -0.3 is 10.2 Å². The Kier molecular flexibility index (Phi) is 4.19. The van der Waals surface area contributed by atoms with Gasteiger partial charge in [-0.15, -0.1) is 0 Å². The molecular weight excluding hydrogens is 236 g/mol. The van der Waals surface area contributed by atoms with Crippen LogP contribution in [0.2, 0.25) is 0 Å².